The molecule has 2 aliphatic heterocycles. The van der Waals surface area contributed by atoms with E-state index < -0.39 is 10.0 Å². The van der Waals surface area contributed by atoms with E-state index in [1.165, 1.54) is 11.3 Å². The van der Waals surface area contributed by atoms with Crippen LogP contribution in [0, 0.1) is 0 Å². The van der Waals surface area contributed by atoms with Crippen LogP contribution < -0.4 is 5.32 Å². The van der Waals surface area contributed by atoms with Crippen LogP contribution in [-0.2, 0) is 15.4 Å². The molecule has 0 amide bonds. The first-order valence-electron chi connectivity index (χ1n) is 7.82. The van der Waals surface area contributed by atoms with Crippen molar-refractivity contribution in [1.29, 1.82) is 0 Å². The highest BCUT2D eigenvalue weighted by atomic mass is 32.2. The minimum atomic E-state index is -3.12. The monoisotopic (exact) mass is 308 g/mol. The lowest BCUT2D eigenvalue weighted by atomic mass is 9.75. The Morgan fingerprint density at radius 3 is 2.62 bits per heavy atom. The second-order valence-corrected chi connectivity index (χ2v) is 8.69. The number of fused-ring (bicyclic) bond motifs is 2. The quantitative estimate of drug-likeness (QED) is 0.933. The molecule has 1 fully saturated rings. The van der Waals surface area contributed by atoms with Crippen LogP contribution in [0.4, 0.5) is 5.69 Å². The van der Waals surface area contributed by atoms with Crippen molar-refractivity contribution in [2.45, 2.75) is 43.8 Å². The van der Waals surface area contributed by atoms with E-state index in [-0.39, 0.29) is 10.7 Å². The average molecular weight is 308 g/mol. The van der Waals surface area contributed by atoms with E-state index in [4.69, 9.17) is 0 Å². The molecular formula is C16H24N2O2S. The first kappa shape index (κ1) is 14.9. The van der Waals surface area contributed by atoms with Gasteiger partial charge in [-0.15, -0.1) is 0 Å². The van der Waals surface area contributed by atoms with Gasteiger partial charge in [0.2, 0.25) is 10.0 Å². The lowest BCUT2D eigenvalue weighted by Crippen LogP contribution is -2.48. The van der Waals surface area contributed by atoms with Crippen molar-refractivity contribution in [1.82, 2.24) is 4.31 Å². The minimum Gasteiger partial charge on any atom is -0.384 e. The Balaban J connectivity index is 1.78. The lowest BCUT2D eigenvalue weighted by Gasteiger charge is -2.39. The zero-order valence-corrected chi connectivity index (χ0v) is 13.6. The second kappa shape index (κ2) is 5.29. The predicted octanol–water partition coefficient (Wildman–Crippen LogP) is 2.57. The molecule has 21 heavy (non-hydrogen) atoms. The summed E-state index contributed by atoms with van der Waals surface area (Å²) in [7, 11) is -3.12. The van der Waals surface area contributed by atoms with Crippen LogP contribution in [0.15, 0.2) is 24.3 Å². The molecule has 1 N–H and O–H groups in total. The molecule has 5 heteroatoms. The maximum absolute atomic E-state index is 12.5. The van der Waals surface area contributed by atoms with Crippen LogP contribution in [0.5, 0.6) is 0 Å². The number of hydrogen-bond acceptors (Lipinski definition) is 3. The summed E-state index contributed by atoms with van der Waals surface area (Å²) in [5.74, 6) is 0. The number of rotatable bonds is 3. The Labute approximate surface area is 127 Å². The summed E-state index contributed by atoms with van der Waals surface area (Å²) in [6.07, 6.45) is 2.49. The van der Waals surface area contributed by atoms with Gasteiger partial charge < -0.3 is 5.32 Å². The van der Waals surface area contributed by atoms with Crippen LogP contribution in [0.2, 0.25) is 0 Å². The van der Waals surface area contributed by atoms with Crippen LogP contribution in [0.25, 0.3) is 0 Å². The van der Waals surface area contributed by atoms with Crippen LogP contribution in [0.3, 0.4) is 0 Å². The van der Waals surface area contributed by atoms with Crippen LogP contribution in [0.1, 0.15) is 38.7 Å². The number of anilines is 1. The first-order valence-corrected chi connectivity index (χ1v) is 9.32. The fourth-order valence-electron chi connectivity index (χ4n) is 3.54. The summed E-state index contributed by atoms with van der Waals surface area (Å²) in [4.78, 5) is 0. The highest BCUT2D eigenvalue weighted by Crippen LogP contribution is 2.44. The van der Waals surface area contributed by atoms with Gasteiger partial charge in [-0.2, -0.15) is 0 Å². The molecule has 0 aromatic heterocycles. The Bertz CT molecular complexity index is 619. The fourth-order valence-corrected chi connectivity index (χ4v) is 5.16. The molecule has 0 aliphatic carbocycles. The van der Waals surface area contributed by atoms with E-state index >= 15 is 0 Å². The van der Waals surface area contributed by atoms with Gasteiger partial charge in [0.15, 0.2) is 0 Å². The first-order chi connectivity index (χ1) is 9.99. The standard InChI is InChI=1S/C16H24N2O2S/c1-3-13(2)21(19,20)18-10-8-16(9-11-18)12-17-15-7-5-4-6-14(15)16/h4-7,13,17H,3,8-12H2,1-2H3. The fraction of sp³-hybridized carbons (Fsp3) is 0.625. The topological polar surface area (TPSA) is 49.4 Å². The van der Waals surface area contributed by atoms with E-state index in [0.29, 0.717) is 19.5 Å². The van der Waals surface area contributed by atoms with Crippen molar-refractivity contribution in [3.05, 3.63) is 29.8 Å². The smallest absolute Gasteiger partial charge is 0.216 e. The van der Waals surface area contributed by atoms with Gasteiger partial charge >= 0.3 is 0 Å². The van der Waals surface area contributed by atoms with Gasteiger partial charge in [-0.05, 0) is 37.8 Å². The third-order valence-corrected chi connectivity index (χ3v) is 7.67. The van der Waals surface area contributed by atoms with Gasteiger partial charge in [0.25, 0.3) is 0 Å². The highest BCUT2D eigenvalue weighted by Gasteiger charge is 2.43. The molecule has 2 heterocycles. The Kier molecular flexibility index (Phi) is 3.74. The largest absolute Gasteiger partial charge is 0.384 e. The molecule has 0 bridgehead atoms. The third kappa shape index (κ3) is 2.36. The second-order valence-electron chi connectivity index (χ2n) is 6.34. The Hall–Kier alpha value is -1.07. The van der Waals surface area contributed by atoms with Gasteiger partial charge in [0, 0.05) is 30.7 Å². The van der Waals surface area contributed by atoms with Crippen molar-refractivity contribution < 1.29 is 8.42 Å². The van der Waals surface area contributed by atoms with E-state index in [1.54, 1.807) is 4.31 Å². The molecule has 2 aliphatic rings. The molecular weight excluding hydrogens is 284 g/mol. The van der Waals surface area contributed by atoms with Gasteiger partial charge in [-0.25, -0.2) is 12.7 Å². The number of benzene rings is 1. The summed E-state index contributed by atoms with van der Waals surface area (Å²) < 4.78 is 26.7. The van der Waals surface area contributed by atoms with Crippen molar-refractivity contribution in [3.8, 4) is 0 Å². The van der Waals surface area contributed by atoms with E-state index in [2.05, 4.69) is 23.5 Å². The number of hydrogen-bond donors (Lipinski definition) is 1. The van der Waals surface area contributed by atoms with Crippen molar-refractivity contribution >= 4 is 15.7 Å². The number of para-hydroxylation sites is 1. The van der Waals surface area contributed by atoms with Gasteiger partial charge in [0.05, 0.1) is 5.25 Å². The lowest BCUT2D eigenvalue weighted by molar-refractivity contribution is 0.247. The SMILES string of the molecule is CCC(C)S(=O)(=O)N1CCC2(CC1)CNc1ccccc12. The Morgan fingerprint density at radius 2 is 1.95 bits per heavy atom. The van der Waals surface area contributed by atoms with Crippen LogP contribution in [-0.4, -0.2) is 37.6 Å². The molecule has 1 aromatic carbocycles. The summed E-state index contributed by atoms with van der Waals surface area (Å²) in [6, 6.07) is 8.43. The van der Waals surface area contributed by atoms with Gasteiger partial charge in [-0.3, -0.25) is 0 Å². The summed E-state index contributed by atoms with van der Waals surface area (Å²) >= 11 is 0. The average Bonchev–Trinajstić information content (AvgIpc) is 2.86. The zero-order valence-electron chi connectivity index (χ0n) is 12.8. The molecule has 1 atom stereocenters. The molecule has 3 rings (SSSR count). The third-order valence-electron chi connectivity index (χ3n) is 5.24. The van der Waals surface area contributed by atoms with Gasteiger partial charge in [0.1, 0.15) is 0 Å². The minimum absolute atomic E-state index is 0.123. The van der Waals surface area contributed by atoms with E-state index in [1.807, 2.05) is 19.9 Å². The molecule has 116 valence electrons. The summed E-state index contributed by atoms with van der Waals surface area (Å²) in [5.41, 5.74) is 2.71. The van der Waals surface area contributed by atoms with Crippen LogP contribution >= 0.6 is 0 Å². The van der Waals surface area contributed by atoms with Crippen molar-refractivity contribution in [2.24, 2.45) is 0 Å². The number of piperidine rings is 1. The summed E-state index contributed by atoms with van der Waals surface area (Å²) in [6.45, 7) is 5.96. The van der Waals surface area contributed by atoms with E-state index in [9.17, 15) is 8.42 Å². The number of sulfonamides is 1. The zero-order chi connectivity index (χ0) is 15.1. The van der Waals surface area contributed by atoms with Gasteiger partial charge in [-0.1, -0.05) is 25.1 Å². The molecule has 1 unspecified atom stereocenters. The maximum Gasteiger partial charge on any atom is 0.216 e. The molecule has 0 radical (unpaired) electrons. The predicted molar refractivity (Wildman–Crippen MR) is 86.1 cm³/mol. The Morgan fingerprint density at radius 1 is 1.29 bits per heavy atom. The molecule has 0 saturated carbocycles. The molecule has 4 nitrogen and oxygen atoms in total. The summed E-state index contributed by atoms with van der Waals surface area (Å²) in [5, 5.41) is 3.20. The number of nitrogens with one attached hydrogen (secondary N) is 1. The normalized spacial score (nSPS) is 22.8. The number of nitrogens with zero attached hydrogens (tertiary/aromatic N) is 1. The molecule has 1 aromatic rings. The molecule has 1 saturated heterocycles. The van der Waals surface area contributed by atoms with Crippen molar-refractivity contribution in [2.75, 3.05) is 25.0 Å². The molecule has 1 spiro atoms. The van der Waals surface area contributed by atoms with E-state index in [0.717, 1.165) is 19.4 Å². The highest BCUT2D eigenvalue weighted by molar-refractivity contribution is 7.89. The van der Waals surface area contributed by atoms with Crippen molar-refractivity contribution in [3.63, 3.8) is 0 Å². The maximum atomic E-state index is 12.5.